The molecule has 0 saturated heterocycles. The van der Waals surface area contributed by atoms with E-state index in [0.717, 1.165) is 17.2 Å². The average Bonchev–Trinajstić information content (AvgIpc) is 2.93. The molecule has 1 aromatic heterocycles. The predicted molar refractivity (Wildman–Crippen MR) is 88.7 cm³/mol. The van der Waals surface area contributed by atoms with Gasteiger partial charge in [0.15, 0.2) is 9.84 Å². The molecule has 2 aromatic carbocycles. The molecule has 23 heavy (non-hydrogen) atoms. The normalized spacial score (nSPS) is 12.4. The Balaban J connectivity index is 1.91. The number of aromatic nitrogens is 1. The first-order chi connectivity index (χ1) is 10.8. The Labute approximate surface area is 134 Å². The maximum absolute atomic E-state index is 12.4. The largest absolute Gasteiger partial charge is 0.361 e. The third-order valence-electron chi connectivity index (χ3n) is 3.37. The van der Waals surface area contributed by atoms with Crippen molar-refractivity contribution in [1.29, 1.82) is 0 Å². The molecule has 0 unspecified atom stereocenters. The first kappa shape index (κ1) is 15.6. The van der Waals surface area contributed by atoms with Crippen LogP contribution in [0.2, 0.25) is 0 Å². The van der Waals surface area contributed by atoms with Gasteiger partial charge in [-0.3, -0.25) is 4.72 Å². The number of aromatic amines is 1. The van der Waals surface area contributed by atoms with E-state index in [1.165, 1.54) is 24.3 Å². The zero-order valence-electron chi connectivity index (χ0n) is 12.1. The van der Waals surface area contributed by atoms with Crippen LogP contribution in [0.25, 0.3) is 10.9 Å². The van der Waals surface area contributed by atoms with Gasteiger partial charge in [-0.2, -0.15) is 0 Å². The van der Waals surface area contributed by atoms with E-state index in [2.05, 4.69) is 9.71 Å². The summed E-state index contributed by atoms with van der Waals surface area (Å²) in [5, 5.41) is 0.887. The molecular formula is C15H14N2O4S2. The van der Waals surface area contributed by atoms with E-state index >= 15 is 0 Å². The monoisotopic (exact) mass is 350 g/mol. The molecule has 3 aromatic rings. The first-order valence-electron chi connectivity index (χ1n) is 6.66. The zero-order valence-corrected chi connectivity index (χ0v) is 13.8. The van der Waals surface area contributed by atoms with E-state index in [1.54, 1.807) is 24.4 Å². The van der Waals surface area contributed by atoms with Gasteiger partial charge in [-0.1, -0.05) is 0 Å². The molecule has 0 aliphatic carbocycles. The third-order valence-corrected chi connectivity index (χ3v) is 5.89. The molecule has 6 nitrogen and oxygen atoms in total. The van der Waals surface area contributed by atoms with Gasteiger partial charge in [-0.05, 0) is 48.5 Å². The first-order valence-corrected chi connectivity index (χ1v) is 10.0. The molecule has 0 aliphatic rings. The van der Waals surface area contributed by atoms with Crippen LogP contribution in [0.5, 0.6) is 0 Å². The molecule has 0 fully saturated rings. The summed E-state index contributed by atoms with van der Waals surface area (Å²) in [6.45, 7) is 0. The number of hydrogen-bond donors (Lipinski definition) is 2. The summed E-state index contributed by atoms with van der Waals surface area (Å²) in [5.41, 5.74) is 1.34. The van der Waals surface area contributed by atoms with Gasteiger partial charge in [0.2, 0.25) is 0 Å². The molecule has 8 heteroatoms. The molecule has 0 saturated carbocycles. The Morgan fingerprint density at radius 1 is 0.870 bits per heavy atom. The molecule has 120 valence electrons. The second-order valence-corrected chi connectivity index (χ2v) is 8.83. The van der Waals surface area contributed by atoms with Crippen molar-refractivity contribution in [3.63, 3.8) is 0 Å². The highest BCUT2D eigenvalue weighted by atomic mass is 32.2. The SMILES string of the molecule is CS(=O)(=O)c1ccc(S(=O)(=O)Nc2ccc3[nH]ccc3c2)cc1. The molecule has 1 heterocycles. The highest BCUT2D eigenvalue weighted by Gasteiger charge is 2.16. The molecule has 3 rings (SSSR count). The van der Waals surface area contributed by atoms with Gasteiger partial charge in [0.1, 0.15) is 0 Å². The Bertz CT molecular complexity index is 1070. The summed E-state index contributed by atoms with van der Waals surface area (Å²) in [7, 11) is -7.14. The van der Waals surface area contributed by atoms with Gasteiger partial charge in [-0.25, -0.2) is 16.8 Å². The standard InChI is InChI=1S/C15H14N2O4S2/c1-22(18,19)13-3-5-14(6-4-13)23(20,21)17-12-2-7-15-11(10-12)8-9-16-15/h2-10,16-17H,1H3. The lowest BCUT2D eigenvalue weighted by molar-refractivity contribution is 0.597. The Morgan fingerprint density at radius 2 is 1.52 bits per heavy atom. The fourth-order valence-electron chi connectivity index (χ4n) is 2.20. The second-order valence-electron chi connectivity index (χ2n) is 5.13. The minimum Gasteiger partial charge on any atom is -0.361 e. The van der Waals surface area contributed by atoms with Crippen molar-refractivity contribution < 1.29 is 16.8 Å². The van der Waals surface area contributed by atoms with Crippen molar-refractivity contribution in [2.24, 2.45) is 0 Å². The molecule has 0 atom stereocenters. The van der Waals surface area contributed by atoms with Crippen LogP contribution >= 0.6 is 0 Å². The van der Waals surface area contributed by atoms with Crippen molar-refractivity contribution in [1.82, 2.24) is 4.98 Å². The number of rotatable bonds is 4. The molecule has 0 spiro atoms. The lowest BCUT2D eigenvalue weighted by Crippen LogP contribution is -2.13. The van der Waals surface area contributed by atoms with Crippen molar-refractivity contribution >= 4 is 36.5 Å². The smallest absolute Gasteiger partial charge is 0.261 e. The molecule has 0 radical (unpaired) electrons. The van der Waals surface area contributed by atoms with Gasteiger partial charge in [0.05, 0.1) is 9.79 Å². The van der Waals surface area contributed by atoms with Gasteiger partial charge >= 0.3 is 0 Å². The van der Waals surface area contributed by atoms with Crippen LogP contribution in [0.1, 0.15) is 0 Å². The minimum absolute atomic E-state index is 0.000865. The fourth-order valence-corrected chi connectivity index (χ4v) is 3.88. The minimum atomic E-state index is -3.78. The number of sulfonamides is 1. The summed E-state index contributed by atoms with van der Waals surface area (Å²) in [6.07, 6.45) is 2.84. The van der Waals surface area contributed by atoms with Gasteiger partial charge < -0.3 is 4.98 Å². The van der Waals surface area contributed by atoms with E-state index < -0.39 is 19.9 Å². The van der Waals surface area contributed by atoms with Crippen LogP contribution < -0.4 is 4.72 Å². The highest BCUT2D eigenvalue weighted by Crippen LogP contribution is 2.22. The number of sulfone groups is 1. The fraction of sp³-hybridized carbons (Fsp3) is 0.0667. The molecule has 2 N–H and O–H groups in total. The summed E-state index contributed by atoms with van der Waals surface area (Å²) < 4.78 is 50.1. The van der Waals surface area contributed by atoms with Crippen LogP contribution in [0.3, 0.4) is 0 Å². The summed E-state index contributed by atoms with van der Waals surface area (Å²) >= 11 is 0. The van der Waals surface area contributed by atoms with Crippen LogP contribution in [0, 0.1) is 0 Å². The molecule has 0 bridgehead atoms. The number of fused-ring (bicyclic) bond motifs is 1. The van der Waals surface area contributed by atoms with Gasteiger partial charge in [0, 0.05) is 29.0 Å². The lowest BCUT2D eigenvalue weighted by Gasteiger charge is -2.09. The van der Waals surface area contributed by atoms with Crippen molar-refractivity contribution in [3.8, 4) is 0 Å². The average molecular weight is 350 g/mol. The van der Waals surface area contributed by atoms with Crippen molar-refractivity contribution in [2.45, 2.75) is 9.79 Å². The number of anilines is 1. The quantitative estimate of drug-likeness (QED) is 0.755. The van der Waals surface area contributed by atoms with Gasteiger partial charge in [0.25, 0.3) is 10.0 Å². The maximum Gasteiger partial charge on any atom is 0.261 e. The third kappa shape index (κ3) is 3.22. The number of benzene rings is 2. The maximum atomic E-state index is 12.4. The van der Waals surface area contributed by atoms with Crippen LogP contribution in [-0.2, 0) is 19.9 Å². The number of hydrogen-bond acceptors (Lipinski definition) is 4. The van der Waals surface area contributed by atoms with Crippen molar-refractivity contribution in [3.05, 3.63) is 54.7 Å². The van der Waals surface area contributed by atoms with Crippen molar-refractivity contribution in [2.75, 3.05) is 11.0 Å². The van der Waals surface area contributed by atoms with E-state index in [0.29, 0.717) is 5.69 Å². The van der Waals surface area contributed by atoms with Crippen LogP contribution in [0.4, 0.5) is 5.69 Å². The molecule has 0 aliphatic heterocycles. The Morgan fingerprint density at radius 3 is 2.17 bits per heavy atom. The van der Waals surface area contributed by atoms with Crippen LogP contribution in [0.15, 0.2) is 64.5 Å². The lowest BCUT2D eigenvalue weighted by atomic mass is 10.2. The summed E-state index contributed by atoms with van der Waals surface area (Å²) in [6, 6.07) is 12.1. The second kappa shape index (κ2) is 5.39. The Kier molecular flexibility index (Phi) is 3.65. The molecular weight excluding hydrogens is 336 g/mol. The number of nitrogens with one attached hydrogen (secondary N) is 2. The van der Waals surface area contributed by atoms with E-state index in [4.69, 9.17) is 0 Å². The molecule has 0 amide bonds. The predicted octanol–water partition coefficient (Wildman–Crippen LogP) is 2.37. The zero-order chi connectivity index (χ0) is 16.7. The van der Waals surface area contributed by atoms with E-state index in [-0.39, 0.29) is 9.79 Å². The topological polar surface area (TPSA) is 96.1 Å². The Hall–Kier alpha value is -2.32. The van der Waals surface area contributed by atoms with E-state index in [1.807, 2.05) is 6.07 Å². The van der Waals surface area contributed by atoms with Crippen LogP contribution in [-0.4, -0.2) is 28.1 Å². The van der Waals surface area contributed by atoms with E-state index in [9.17, 15) is 16.8 Å². The highest BCUT2D eigenvalue weighted by molar-refractivity contribution is 7.92. The summed E-state index contributed by atoms with van der Waals surface area (Å²) in [5.74, 6) is 0. The number of H-pyrrole nitrogens is 1. The summed E-state index contributed by atoms with van der Waals surface area (Å²) in [4.78, 5) is 3.10. The van der Waals surface area contributed by atoms with Gasteiger partial charge in [-0.15, -0.1) is 0 Å².